The zero-order chi connectivity index (χ0) is 9.42. The lowest BCUT2D eigenvalue weighted by Gasteiger charge is -1.84. The van der Waals surface area contributed by atoms with Gasteiger partial charge in [-0.3, -0.25) is 4.79 Å². The molecule has 2 atom stereocenters. The van der Waals surface area contributed by atoms with Crippen molar-refractivity contribution in [1.82, 2.24) is 10.1 Å². The van der Waals surface area contributed by atoms with Crippen LogP contribution in [0.25, 0.3) is 0 Å². The number of nitrogens with zero attached hydrogens (tertiary/aromatic N) is 2. The minimum Gasteiger partial charge on any atom is -0.481 e. The summed E-state index contributed by atoms with van der Waals surface area (Å²) in [6.45, 7) is 2.11. The molecule has 1 aliphatic rings. The van der Waals surface area contributed by atoms with E-state index in [2.05, 4.69) is 17.1 Å². The molecule has 1 fully saturated rings. The largest absolute Gasteiger partial charge is 0.481 e. The molecule has 5 nitrogen and oxygen atoms in total. The molecule has 1 saturated carbocycles. The average Bonchev–Trinajstić information content (AvgIpc) is 2.60. The number of aromatic nitrogens is 2. The Bertz CT molecular complexity index is 334. The molecule has 1 aliphatic carbocycles. The molecule has 0 saturated heterocycles. The fraction of sp³-hybridized carbons (Fsp3) is 0.625. The van der Waals surface area contributed by atoms with Crippen molar-refractivity contribution in [3.63, 3.8) is 0 Å². The van der Waals surface area contributed by atoms with Gasteiger partial charge in [-0.25, -0.2) is 0 Å². The molecule has 0 unspecified atom stereocenters. The van der Waals surface area contributed by atoms with E-state index in [0.717, 1.165) is 6.42 Å². The van der Waals surface area contributed by atoms with E-state index in [1.165, 1.54) is 0 Å². The lowest BCUT2D eigenvalue weighted by Crippen LogP contribution is -2.00. The Morgan fingerprint density at radius 3 is 3.00 bits per heavy atom. The minimum atomic E-state index is -0.945. The number of hydrogen-bond donors (Lipinski definition) is 1. The maximum Gasteiger partial charge on any atom is 0.312 e. The Labute approximate surface area is 74.8 Å². The lowest BCUT2D eigenvalue weighted by atomic mass is 10.3. The summed E-state index contributed by atoms with van der Waals surface area (Å²) in [6.07, 6.45) is 0.889. The van der Waals surface area contributed by atoms with Crippen molar-refractivity contribution < 1.29 is 14.4 Å². The normalized spacial score (nSPS) is 25.9. The van der Waals surface area contributed by atoms with Crippen LogP contribution >= 0.6 is 0 Å². The van der Waals surface area contributed by atoms with E-state index < -0.39 is 5.97 Å². The fourth-order valence-electron chi connectivity index (χ4n) is 1.30. The van der Waals surface area contributed by atoms with Crippen LogP contribution in [0.1, 0.15) is 31.0 Å². The summed E-state index contributed by atoms with van der Waals surface area (Å²) in [5.41, 5.74) is 0. The zero-order valence-corrected chi connectivity index (χ0v) is 7.23. The minimum absolute atomic E-state index is 0.186. The highest BCUT2D eigenvalue weighted by Crippen LogP contribution is 2.45. The highest BCUT2D eigenvalue weighted by molar-refractivity contribution is 5.68. The van der Waals surface area contributed by atoms with Crippen LogP contribution in [-0.4, -0.2) is 21.2 Å². The molecule has 0 amide bonds. The average molecular weight is 182 g/mol. The van der Waals surface area contributed by atoms with E-state index in [0.29, 0.717) is 17.7 Å². The number of rotatable bonds is 3. The van der Waals surface area contributed by atoms with E-state index >= 15 is 0 Å². The standard InChI is InChI=1S/C8H10N2O3/c1-4-2-5(4)8-9-6(13-10-8)3-7(11)12/h4-5H,2-3H2,1H3,(H,11,12)/t4-,5+/m1/s1. The third-order valence-electron chi connectivity index (χ3n) is 2.23. The molecule has 0 radical (unpaired) electrons. The predicted molar refractivity (Wildman–Crippen MR) is 42.2 cm³/mol. The lowest BCUT2D eigenvalue weighted by molar-refractivity contribution is -0.136. The first kappa shape index (κ1) is 8.22. The molecule has 0 aliphatic heterocycles. The van der Waals surface area contributed by atoms with Gasteiger partial charge in [0.1, 0.15) is 6.42 Å². The molecule has 0 spiro atoms. The van der Waals surface area contributed by atoms with Crippen molar-refractivity contribution in [2.24, 2.45) is 5.92 Å². The van der Waals surface area contributed by atoms with Crippen LogP contribution in [0.2, 0.25) is 0 Å². The van der Waals surface area contributed by atoms with Crippen LogP contribution < -0.4 is 0 Å². The number of carboxylic acids is 1. The van der Waals surface area contributed by atoms with Gasteiger partial charge in [-0.05, 0) is 12.3 Å². The van der Waals surface area contributed by atoms with Crippen molar-refractivity contribution in [3.8, 4) is 0 Å². The van der Waals surface area contributed by atoms with Crippen LogP contribution in [0.3, 0.4) is 0 Å². The molecule has 1 heterocycles. The van der Waals surface area contributed by atoms with E-state index in [1.54, 1.807) is 0 Å². The molecule has 5 heteroatoms. The number of carboxylic acid groups (broad SMARTS) is 1. The van der Waals surface area contributed by atoms with E-state index in [-0.39, 0.29) is 12.3 Å². The van der Waals surface area contributed by atoms with Crippen molar-refractivity contribution >= 4 is 5.97 Å². The highest BCUT2D eigenvalue weighted by Gasteiger charge is 2.38. The van der Waals surface area contributed by atoms with Gasteiger partial charge in [0.25, 0.3) is 0 Å². The number of carbonyl (C=O) groups is 1. The molecule has 0 aromatic carbocycles. The molecular formula is C8H10N2O3. The third kappa shape index (κ3) is 1.68. The van der Waals surface area contributed by atoms with Crippen LogP contribution in [0, 0.1) is 5.92 Å². The second-order valence-electron chi connectivity index (χ2n) is 3.44. The van der Waals surface area contributed by atoms with E-state index in [9.17, 15) is 4.79 Å². The summed E-state index contributed by atoms with van der Waals surface area (Å²) < 4.78 is 4.78. The van der Waals surface area contributed by atoms with Gasteiger partial charge in [-0.1, -0.05) is 12.1 Å². The van der Waals surface area contributed by atoms with Gasteiger partial charge in [0, 0.05) is 5.92 Å². The van der Waals surface area contributed by atoms with Gasteiger partial charge in [0.2, 0.25) is 5.89 Å². The summed E-state index contributed by atoms with van der Waals surface area (Å²) in [7, 11) is 0. The summed E-state index contributed by atoms with van der Waals surface area (Å²) >= 11 is 0. The molecule has 1 N–H and O–H groups in total. The second-order valence-corrected chi connectivity index (χ2v) is 3.44. The Hall–Kier alpha value is -1.39. The number of hydrogen-bond acceptors (Lipinski definition) is 4. The van der Waals surface area contributed by atoms with Crippen LogP contribution in [0.5, 0.6) is 0 Å². The first-order chi connectivity index (χ1) is 6.16. The maximum atomic E-state index is 10.3. The molecular weight excluding hydrogens is 172 g/mol. The monoisotopic (exact) mass is 182 g/mol. The van der Waals surface area contributed by atoms with Crippen LogP contribution in [0.4, 0.5) is 0 Å². The Balaban J connectivity index is 2.05. The van der Waals surface area contributed by atoms with Crippen molar-refractivity contribution in [2.45, 2.75) is 25.7 Å². The van der Waals surface area contributed by atoms with Crippen LogP contribution in [-0.2, 0) is 11.2 Å². The molecule has 1 aromatic rings. The first-order valence-corrected chi connectivity index (χ1v) is 4.21. The molecule has 13 heavy (non-hydrogen) atoms. The third-order valence-corrected chi connectivity index (χ3v) is 2.23. The second kappa shape index (κ2) is 2.83. The first-order valence-electron chi connectivity index (χ1n) is 4.21. The van der Waals surface area contributed by atoms with Crippen molar-refractivity contribution in [1.29, 1.82) is 0 Å². The fourth-order valence-corrected chi connectivity index (χ4v) is 1.30. The van der Waals surface area contributed by atoms with Gasteiger partial charge in [0.15, 0.2) is 5.82 Å². The quantitative estimate of drug-likeness (QED) is 0.748. The maximum absolute atomic E-state index is 10.3. The van der Waals surface area contributed by atoms with Crippen LogP contribution in [0.15, 0.2) is 4.52 Å². The molecule has 2 rings (SSSR count). The zero-order valence-electron chi connectivity index (χ0n) is 7.23. The summed E-state index contributed by atoms with van der Waals surface area (Å²) in [5.74, 6) is 0.894. The Morgan fingerprint density at radius 2 is 2.46 bits per heavy atom. The smallest absolute Gasteiger partial charge is 0.312 e. The molecule has 0 bridgehead atoms. The highest BCUT2D eigenvalue weighted by atomic mass is 16.5. The Morgan fingerprint density at radius 1 is 1.77 bits per heavy atom. The molecule has 1 aromatic heterocycles. The van der Waals surface area contributed by atoms with E-state index in [1.807, 2.05) is 0 Å². The summed E-state index contributed by atoms with van der Waals surface area (Å²) in [4.78, 5) is 14.3. The van der Waals surface area contributed by atoms with Gasteiger partial charge in [-0.2, -0.15) is 4.98 Å². The topological polar surface area (TPSA) is 76.2 Å². The van der Waals surface area contributed by atoms with Gasteiger partial charge in [0.05, 0.1) is 0 Å². The summed E-state index contributed by atoms with van der Waals surface area (Å²) in [6, 6.07) is 0. The predicted octanol–water partition coefficient (Wildman–Crippen LogP) is 0.820. The van der Waals surface area contributed by atoms with Crippen molar-refractivity contribution in [3.05, 3.63) is 11.7 Å². The summed E-state index contributed by atoms with van der Waals surface area (Å²) in [5, 5.41) is 12.2. The number of aliphatic carboxylic acids is 1. The Kier molecular flexibility index (Phi) is 1.79. The van der Waals surface area contributed by atoms with Gasteiger partial charge < -0.3 is 9.63 Å². The van der Waals surface area contributed by atoms with Gasteiger partial charge in [-0.15, -0.1) is 0 Å². The van der Waals surface area contributed by atoms with Gasteiger partial charge >= 0.3 is 5.97 Å². The van der Waals surface area contributed by atoms with Crippen molar-refractivity contribution in [2.75, 3.05) is 0 Å². The van der Waals surface area contributed by atoms with E-state index in [4.69, 9.17) is 9.63 Å². The SMILES string of the molecule is C[C@@H]1C[C@@H]1c1noc(CC(=O)O)n1. The molecule has 70 valence electrons.